The van der Waals surface area contributed by atoms with Crippen LogP contribution in [0.4, 0.5) is 0 Å². The van der Waals surface area contributed by atoms with Crippen LogP contribution in [0.15, 0.2) is 48.5 Å². The molecule has 0 atom stereocenters. The molecule has 0 aliphatic heterocycles. The molecule has 0 unspecified atom stereocenters. The number of hydrogen-bond donors (Lipinski definition) is 0. The van der Waals surface area contributed by atoms with E-state index in [1.54, 1.807) is 13.8 Å². The van der Waals surface area contributed by atoms with E-state index in [1.807, 2.05) is 24.3 Å². The second-order valence-electron chi connectivity index (χ2n) is 6.59. The molecule has 1 aliphatic carbocycles. The summed E-state index contributed by atoms with van der Waals surface area (Å²) in [5.41, 5.74) is 4.00. The van der Waals surface area contributed by atoms with Crippen molar-refractivity contribution in [2.45, 2.75) is 38.2 Å². The van der Waals surface area contributed by atoms with Gasteiger partial charge in [-0.2, -0.15) is 0 Å². The van der Waals surface area contributed by atoms with Crippen molar-refractivity contribution < 1.29 is 14.3 Å². The minimum Gasteiger partial charge on any atom is -0.451 e. The maximum Gasteiger partial charge on any atom is 0.418 e. The number of carbonyl (C=O) groups is 1. The minimum absolute atomic E-state index is 0.0749. The zero-order valence-corrected chi connectivity index (χ0v) is 13.3. The number of rotatable bonds is 6. The van der Waals surface area contributed by atoms with Crippen molar-refractivity contribution in [1.82, 2.24) is 0 Å². The predicted octanol–water partition coefficient (Wildman–Crippen LogP) is 4.01. The highest BCUT2D eigenvalue weighted by Gasteiger charge is 2.31. The van der Waals surface area contributed by atoms with E-state index >= 15 is 0 Å². The molecular weight excluding hydrogens is 288 g/mol. The van der Waals surface area contributed by atoms with Gasteiger partial charge in [0.15, 0.2) is 0 Å². The number of hydrogen-bond acceptors (Lipinski definition) is 3. The first-order chi connectivity index (χ1) is 11.0. The van der Waals surface area contributed by atoms with E-state index in [2.05, 4.69) is 24.3 Å². The smallest absolute Gasteiger partial charge is 0.418 e. The Hall–Kier alpha value is -2.42. The summed E-state index contributed by atoms with van der Waals surface area (Å²) < 4.78 is 4.88. The molecule has 0 spiro atoms. The molecule has 0 fully saturated rings. The van der Waals surface area contributed by atoms with E-state index in [0.29, 0.717) is 6.42 Å². The van der Waals surface area contributed by atoms with Crippen LogP contribution in [0.1, 0.15) is 43.7 Å². The molecule has 0 saturated carbocycles. The average molecular weight is 307 g/mol. The fourth-order valence-corrected chi connectivity index (χ4v) is 3.40. The average Bonchev–Trinajstić information content (AvgIpc) is 2.82. The molecule has 0 heterocycles. The van der Waals surface area contributed by atoms with E-state index < -0.39 is 5.60 Å². The zero-order valence-electron chi connectivity index (χ0n) is 13.3. The van der Waals surface area contributed by atoms with E-state index in [9.17, 15) is 9.59 Å². The van der Waals surface area contributed by atoms with Crippen LogP contribution >= 0.6 is 0 Å². The largest absolute Gasteiger partial charge is 0.451 e. The van der Waals surface area contributed by atoms with Crippen molar-refractivity contribution in [3.05, 3.63) is 59.7 Å². The maximum absolute atomic E-state index is 12.5. The molecule has 0 bridgehead atoms. The number of Topliss-reactive ketones (excluding diaryl/α,β-unsaturated/α-hetero) is 1. The fraction of sp³-hybridized carbons (Fsp3) is 0.300. The zero-order chi connectivity index (χ0) is 16.4. The van der Waals surface area contributed by atoms with Gasteiger partial charge in [-0.1, -0.05) is 48.5 Å². The first-order valence-electron chi connectivity index (χ1n) is 7.77. The molecule has 0 saturated heterocycles. The Bertz CT molecular complexity index is 701. The number of carbonyl (C=O) groups excluding carboxylic acids is 2. The Balaban J connectivity index is 1.86. The summed E-state index contributed by atoms with van der Waals surface area (Å²) >= 11 is 0. The summed E-state index contributed by atoms with van der Waals surface area (Å²) in [4.78, 5) is 22.9. The van der Waals surface area contributed by atoms with Crippen molar-refractivity contribution >= 4 is 12.3 Å². The van der Waals surface area contributed by atoms with Gasteiger partial charge in [-0.15, -0.1) is 0 Å². The first-order valence-corrected chi connectivity index (χ1v) is 7.77. The van der Waals surface area contributed by atoms with Crippen molar-refractivity contribution in [2.75, 3.05) is 0 Å². The van der Waals surface area contributed by atoms with E-state index in [4.69, 9.17) is 4.74 Å². The maximum atomic E-state index is 12.5. The highest BCUT2D eigenvalue weighted by Crippen LogP contribution is 2.46. The molecule has 0 N–H and O–H groups in total. The summed E-state index contributed by atoms with van der Waals surface area (Å²) in [7, 11) is 0. The van der Waals surface area contributed by atoms with Crippen LogP contribution in [0.25, 0.3) is 11.1 Å². The number of benzene rings is 2. The third-order valence-corrected chi connectivity index (χ3v) is 4.34. The second-order valence-corrected chi connectivity index (χ2v) is 6.59. The lowest BCUT2D eigenvalue weighted by molar-refractivity contribution is -0.122. The standard InChI is InChI=1S/C20H19O3/c1-20(2,23-13-21)12-14(22)11-19-17-9-5-3-7-15(17)16-8-4-6-10-18(16)19/h3-10,19H,11-12H2,1-2H3. The molecule has 2 aromatic rings. The highest BCUT2D eigenvalue weighted by molar-refractivity contribution is 5.85. The summed E-state index contributed by atoms with van der Waals surface area (Å²) in [6, 6.07) is 16.5. The Morgan fingerprint density at radius 1 is 1.04 bits per heavy atom. The Morgan fingerprint density at radius 3 is 2.09 bits per heavy atom. The monoisotopic (exact) mass is 307 g/mol. The van der Waals surface area contributed by atoms with Crippen LogP contribution in [-0.2, 0) is 14.3 Å². The van der Waals surface area contributed by atoms with E-state index in [1.165, 1.54) is 28.7 Å². The quantitative estimate of drug-likeness (QED) is 0.810. The number of ketones is 1. The molecule has 1 radical (unpaired) electrons. The van der Waals surface area contributed by atoms with Gasteiger partial charge >= 0.3 is 6.47 Å². The van der Waals surface area contributed by atoms with Crippen molar-refractivity contribution in [2.24, 2.45) is 0 Å². The fourth-order valence-electron chi connectivity index (χ4n) is 3.40. The lowest BCUT2D eigenvalue weighted by Gasteiger charge is -2.22. The van der Waals surface area contributed by atoms with E-state index in [-0.39, 0.29) is 18.1 Å². The van der Waals surface area contributed by atoms with Gasteiger partial charge in [-0.25, -0.2) is 4.79 Å². The SMILES string of the molecule is CC(C)(CC(=O)CC1c2ccccc2-c2ccccc21)O[C]=O. The highest BCUT2D eigenvalue weighted by atomic mass is 16.5. The summed E-state index contributed by atoms with van der Waals surface area (Å²) in [5.74, 6) is 0.160. The molecular formula is C20H19O3. The van der Waals surface area contributed by atoms with Crippen LogP contribution in [0.3, 0.4) is 0 Å². The predicted molar refractivity (Wildman–Crippen MR) is 88.8 cm³/mol. The van der Waals surface area contributed by atoms with Crippen LogP contribution in [0.2, 0.25) is 0 Å². The Labute approximate surface area is 136 Å². The van der Waals surface area contributed by atoms with Gasteiger partial charge in [0.1, 0.15) is 11.4 Å². The molecule has 3 rings (SSSR count). The number of fused-ring (bicyclic) bond motifs is 3. The minimum atomic E-state index is -0.809. The van der Waals surface area contributed by atoms with Gasteiger partial charge in [-0.3, -0.25) is 4.79 Å². The lowest BCUT2D eigenvalue weighted by Crippen LogP contribution is -2.28. The molecule has 3 nitrogen and oxygen atoms in total. The normalized spacial score (nSPS) is 13.3. The van der Waals surface area contributed by atoms with E-state index in [0.717, 1.165) is 0 Å². The third-order valence-electron chi connectivity index (χ3n) is 4.34. The van der Waals surface area contributed by atoms with Crippen molar-refractivity contribution in [3.63, 3.8) is 0 Å². The molecule has 2 aromatic carbocycles. The lowest BCUT2D eigenvalue weighted by atomic mass is 9.88. The summed E-state index contributed by atoms with van der Waals surface area (Å²) in [6.45, 7) is 4.89. The number of ether oxygens (including phenoxy) is 1. The van der Waals surface area contributed by atoms with Crippen LogP contribution < -0.4 is 0 Å². The van der Waals surface area contributed by atoms with Gasteiger partial charge in [0.05, 0.1) is 0 Å². The first kappa shape index (κ1) is 15.5. The molecule has 117 valence electrons. The van der Waals surface area contributed by atoms with Crippen LogP contribution in [0.5, 0.6) is 0 Å². The third kappa shape index (κ3) is 3.04. The molecule has 1 aliphatic rings. The Kier molecular flexibility index (Phi) is 4.03. The van der Waals surface area contributed by atoms with Gasteiger partial charge in [0.25, 0.3) is 0 Å². The van der Waals surface area contributed by atoms with Crippen LogP contribution in [-0.4, -0.2) is 17.9 Å². The van der Waals surface area contributed by atoms with Crippen LogP contribution in [0, 0.1) is 0 Å². The van der Waals surface area contributed by atoms with Gasteiger partial charge in [-0.05, 0) is 36.1 Å². The van der Waals surface area contributed by atoms with Gasteiger partial charge in [0, 0.05) is 18.8 Å². The molecule has 23 heavy (non-hydrogen) atoms. The van der Waals surface area contributed by atoms with Gasteiger partial charge in [0.2, 0.25) is 0 Å². The van der Waals surface area contributed by atoms with Crippen molar-refractivity contribution in [1.29, 1.82) is 0 Å². The topological polar surface area (TPSA) is 43.4 Å². The van der Waals surface area contributed by atoms with Crippen molar-refractivity contribution in [3.8, 4) is 11.1 Å². The summed E-state index contributed by atoms with van der Waals surface area (Å²) in [5, 5.41) is 0. The second kappa shape index (κ2) is 5.99. The summed E-state index contributed by atoms with van der Waals surface area (Å²) in [6.07, 6.45) is 0.614. The van der Waals surface area contributed by atoms with Gasteiger partial charge < -0.3 is 4.74 Å². The molecule has 3 heteroatoms. The molecule has 0 amide bonds. The molecule has 0 aromatic heterocycles. The Morgan fingerprint density at radius 2 is 1.57 bits per heavy atom.